The normalized spacial score (nSPS) is 14.2. The molecule has 1 aliphatic rings. The first-order valence-electron chi connectivity index (χ1n) is 7.92. The number of rotatable bonds is 1. The van der Waals surface area contributed by atoms with Gasteiger partial charge in [0.25, 0.3) is 0 Å². The van der Waals surface area contributed by atoms with Gasteiger partial charge in [-0.3, -0.25) is 0 Å². The lowest BCUT2D eigenvalue weighted by molar-refractivity contribution is 0.0222. The maximum Gasteiger partial charge on any atom is 0.410 e. The van der Waals surface area contributed by atoms with E-state index in [0.717, 1.165) is 16.8 Å². The van der Waals surface area contributed by atoms with E-state index in [1.807, 2.05) is 51.1 Å². The third-order valence-electron chi connectivity index (χ3n) is 3.69. The molecule has 2 aromatic rings. The average Bonchev–Trinajstić information content (AvgIpc) is 2.53. The molecule has 0 saturated heterocycles. The molecule has 0 radical (unpaired) electrons. The first-order valence-corrected chi connectivity index (χ1v) is 8.30. The molecule has 0 unspecified atom stereocenters. The zero-order valence-electron chi connectivity index (χ0n) is 14.0. The van der Waals surface area contributed by atoms with Gasteiger partial charge in [0.1, 0.15) is 10.8 Å². The molecule has 0 N–H and O–H groups in total. The Bertz CT molecular complexity index is 757. The lowest BCUT2D eigenvalue weighted by Gasteiger charge is -2.31. The average molecular weight is 346 g/mol. The van der Waals surface area contributed by atoms with Gasteiger partial charge in [-0.2, -0.15) is 0 Å². The molecule has 0 aliphatic carbocycles. The van der Waals surface area contributed by atoms with Crippen molar-refractivity contribution in [3.8, 4) is 11.4 Å². The van der Waals surface area contributed by atoms with Crippen molar-refractivity contribution in [2.75, 3.05) is 6.54 Å². The monoisotopic (exact) mass is 345 g/mol. The van der Waals surface area contributed by atoms with E-state index >= 15 is 0 Å². The number of hydrogen-bond acceptors (Lipinski definition) is 4. The summed E-state index contributed by atoms with van der Waals surface area (Å²) in [6.45, 7) is 6.49. The molecule has 1 amide bonds. The molecule has 1 aromatic heterocycles. The summed E-state index contributed by atoms with van der Waals surface area (Å²) in [5.74, 6) is 0.616. The highest BCUT2D eigenvalue weighted by atomic mass is 35.5. The second-order valence-corrected chi connectivity index (χ2v) is 7.14. The minimum Gasteiger partial charge on any atom is -0.444 e. The second kappa shape index (κ2) is 6.40. The SMILES string of the molecule is CC(C)(C)OC(=O)N1CCc2nc(-c3ccccc3)nc(Cl)c2C1. The Morgan fingerprint density at radius 2 is 1.92 bits per heavy atom. The summed E-state index contributed by atoms with van der Waals surface area (Å²) >= 11 is 6.37. The van der Waals surface area contributed by atoms with Crippen molar-refractivity contribution in [2.24, 2.45) is 0 Å². The zero-order chi connectivity index (χ0) is 17.3. The molecular formula is C18H20ClN3O2. The van der Waals surface area contributed by atoms with Crippen LogP contribution in [0.25, 0.3) is 11.4 Å². The molecule has 0 saturated carbocycles. The molecule has 0 bridgehead atoms. The minimum atomic E-state index is -0.519. The van der Waals surface area contributed by atoms with Crippen molar-refractivity contribution in [3.63, 3.8) is 0 Å². The van der Waals surface area contributed by atoms with Crippen LogP contribution in [0.1, 0.15) is 32.0 Å². The van der Waals surface area contributed by atoms with E-state index in [9.17, 15) is 4.79 Å². The smallest absolute Gasteiger partial charge is 0.410 e. The molecular weight excluding hydrogens is 326 g/mol. The Morgan fingerprint density at radius 3 is 2.58 bits per heavy atom. The Balaban J connectivity index is 1.84. The third kappa shape index (κ3) is 3.67. The van der Waals surface area contributed by atoms with Gasteiger partial charge in [-0.1, -0.05) is 41.9 Å². The van der Waals surface area contributed by atoms with Crippen molar-refractivity contribution in [1.82, 2.24) is 14.9 Å². The third-order valence-corrected chi connectivity index (χ3v) is 4.01. The topological polar surface area (TPSA) is 55.3 Å². The Labute approximate surface area is 146 Å². The van der Waals surface area contributed by atoms with Gasteiger partial charge in [0.2, 0.25) is 0 Å². The lowest BCUT2D eigenvalue weighted by atomic mass is 10.1. The second-order valence-electron chi connectivity index (χ2n) is 6.78. The summed E-state index contributed by atoms with van der Waals surface area (Å²) in [7, 11) is 0. The van der Waals surface area contributed by atoms with E-state index < -0.39 is 5.60 Å². The molecule has 1 aliphatic heterocycles. The van der Waals surface area contributed by atoms with Crippen LogP contribution in [-0.2, 0) is 17.7 Å². The molecule has 126 valence electrons. The summed E-state index contributed by atoms with van der Waals surface area (Å²) in [6.07, 6.45) is 0.299. The summed E-state index contributed by atoms with van der Waals surface area (Å²) in [4.78, 5) is 22.9. The highest BCUT2D eigenvalue weighted by Crippen LogP contribution is 2.27. The Hall–Kier alpha value is -2.14. The number of hydrogen-bond donors (Lipinski definition) is 0. The summed E-state index contributed by atoms with van der Waals surface area (Å²) < 4.78 is 5.43. The van der Waals surface area contributed by atoms with Crippen LogP contribution >= 0.6 is 11.6 Å². The van der Waals surface area contributed by atoms with Crippen molar-refractivity contribution < 1.29 is 9.53 Å². The molecule has 24 heavy (non-hydrogen) atoms. The van der Waals surface area contributed by atoms with Gasteiger partial charge in [-0.25, -0.2) is 14.8 Å². The van der Waals surface area contributed by atoms with E-state index in [2.05, 4.69) is 9.97 Å². The van der Waals surface area contributed by atoms with Gasteiger partial charge < -0.3 is 9.64 Å². The number of nitrogens with zero attached hydrogens (tertiary/aromatic N) is 3. The van der Waals surface area contributed by atoms with Crippen molar-refractivity contribution in [3.05, 3.63) is 46.7 Å². The number of benzene rings is 1. The van der Waals surface area contributed by atoms with Gasteiger partial charge >= 0.3 is 6.09 Å². The van der Waals surface area contributed by atoms with Crippen molar-refractivity contribution in [1.29, 1.82) is 0 Å². The largest absolute Gasteiger partial charge is 0.444 e. The van der Waals surface area contributed by atoms with Gasteiger partial charge in [0.05, 0.1) is 12.2 Å². The standard InChI is InChI=1S/C18H20ClN3O2/c1-18(2,3)24-17(23)22-10-9-14-13(11-22)15(19)21-16(20-14)12-7-5-4-6-8-12/h4-8H,9-11H2,1-3H3. The fourth-order valence-corrected chi connectivity index (χ4v) is 2.82. The van der Waals surface area contributed by atoms with Gasteiger partial charge in [0.15, 0.2) is 5.82 Å². The molecule has 2 heterocycles. The molecule has 1 aromatic carbocycles. The maximum absolute atomic E-state index is 12.2. The predicted molar refractivity (Wildman–Crippen MR) is 92.8 cm³/mol. The predicted octanol–water partition coefficient (Wildman–Crippen LogP) is 4.09. The minimum absolute atomic E-state index is 0.337. The number of aromatic nitrogens is 2. The molecule has 3 rings (SSSR count). The fraction of sp³-hybridized carbons (Fsp3) is 0.389. The molecule has 0 fully saturated rings. The van der Waals surface area contributed by atoms with Crippen LogP contribution in [0, 0.1) is 0 Å². The molecule has 0 atom stereocenters. The van der Waals surface area contributed by atoms with Crippen LogP contribution in [0.3, 0.4) is 0 Å². The molecule has 0 spiro atoms. The maximum atomic E-state index is 12.2. The van der Waals surface area contributed by atoms with Crippen LogP contribution in [0.15, 0.2) is 30.3 Å². The lowest BCUT2D eigenvalue weighted by Crippen LogP contribution is -2.40. The van der Waals surface area contributed by atoms with Crippen LogP contribution in [0.2, 0.25) is 5.15 Å². The quantitative estimate of drug-likeness (QED) is 0.730. The Morgan fingerprint density at radius 1 is 1.21 bits per heavy atom. The van der Waals surface area contributed by atoms with Gasteiger partial charge in [-0.05, 0) is 20.8 Å². The van der Waals surface area contributed by atoms with Crippen LogP contribution in [-0.4, -0.2) is 33.1 Å². The number of carbonyl (C=O) groups excluding carboxylic acids is 1. The Kier molecular flexibility index (Phi) is 4.45. The fourth-order valence-electron chi connectivity index (χ4n) is 2.57. The number of ether oxygens (including phenoxy) is 1. The summed E-state index contributed by atoms with van der Waals surface area (Å²) in [6, 6.07) is 9.73. The molecule has 5 nitrogen and oxygen atoms in total. The van der Waals surface area contributed by atoms with Gasteiger partial charge in [-0.15, -0.1) is 0 Å². The van der Waals surface area contributed by atoms with Gasteiger partial charge in [0, 0.05) is 24.1 Å². The first-order chi connectivity index (χ1) is 11.3. The number of halogens is 1. The highest BCUT2D eigenvalue weighted by Gasteiger charge is 2.28. The summed E-state index contributed by atoms with van der Waals surface area (Å²) in [5.41, 5.74) is 2.10. The zero-order valence-corrected chi connectivity index (χ0v) is 14.8. The van der Waals surface area contributed by atoms with Crippen molar-refractivity contribution in [2.45, 2.75) is 39.3 Å². The number of fused-ring (bicyclic) bond motifs is 1. The summed E-state index contributed by atoms with van der Waals surface area (Å²) in [5, 5.41) is 0.395. The number of carbonyl (C=O) groups is 1. The van der Waals surface area contributed by atoms with E-state index in [0.29, 0.717) is 30.5 Å². The van der Waals surface area contributed by atoms with E-state index in [-0.39, 0.29) is 6.09 Å². The first kappa shape index (κ1) is 16.7. The van der Waals surface area contributed by atoms with Crippen molar-refractivity contribution >= 4 is 17.7 Å². The van der Waals surface area contributed by atoms with Crippen LogP contribution < -0.4 is 0 Å². The number of amides is 1. The van der Waals surface area contributed by atoms with E-state index in [1.165, 1.54) is 0 Å². The molecule has 6 heteroatoms. The highest BCUT2D eigenvalue weighted by molar-refractivity contribution is 6.30. The van der Waals surface area contributed by atoms with E-state index in [4.69, 9.17) is 16.3 Å². The van der Waals surface area contributed by atoms with E-state index in [1.54, 1.807) is 4.90 Å². The van der Waals surface area contributed by atoms with Crippen LogP contribution in [0.4, 0.5) is 4.79 Å². The van der Waals surface area contributed by atoms with Crippen LogP contribution in [0.5, 0.6) is 0 Å².